The molecule has 1 aliphatic heterocycles. The molecule has 2 atom stereocenters. The summed E-state index contributed by atoms with van der Waals surface area (Å²) in [6.45, 7) is 1.49. The molecule has 180 valence electrons. The molecule has 1 aromatic carbocycles. The van der Waals surface area contributed by atoms with Crippen LogP contribution < -0.4 is 16.0 Å². The Balaban J connectivity index is 1.35. The maximum atomic E-state index is 14.1. The Morgan fingerprint density at radius 3 is 2.97 bits per heavy atom. The van der Waals surface area contributed by atoms with E-state index < -0.39 is 29.3 Å². The fourth-order valence-electron chi connectivity index (χ4n) is 3.84. The first-order chi connectivity index (χ1) is 16.8. The third-order valence-corrected chi connectivity index (χ3v) is 5.77. The monoisotopic (exact) mass is 481 g/mol. The number of aromatic nitrogens is 4. The van der Waals surface area contributed by atoms with Crippen LogP contribution >= 0.6 is 0 Å². The number of hydrogen-bond donors (Lipinski definition) is 3. The number of halogens is 1. The van der Waals surface area contributed by atoms with Crippen LogP contribution in [0.25, 0.3) is 16.7 Å². The molecule has 0 bridgehead atoms. The molecule has 12 nitrogen and oxygen atoms in total. The van der Waals surface area contributed by atoms with Crippen molar-refractivity contribution in [3.63, 3.8) is 0 Å². The second kappa shape index (κ2) is 8.45. The van der Waals surface area contributed by atoms with E-state index in [0.29, 0.717) is 16.7 Å². The van der Waals surface area contributed by atoms with Crippen LogP contribution in [0.3, 0.4) is 0 Å². The summed E-state index contributed by atoms with van der Waals surface area (Å²) in [5.41, 5.74) is 4.60. The van der Waals surface area contributed by atoms with Crippen molar-refractivity contribution in [1.82, 2.24) is 19.9 Å². The molecule has 4 N–H and O–H groups in total. The van der Waals surface area contributed by atoms with Gasteiger partial charge < -0.3 is 25.4 Å². The Morgan fingerprint density at radius 2 is 2.17 bits per heavy atom. The van der Waals surface area contributed by atoms with Gasteiger partial charge in [-0.25, -0.2) is 9.07 Å². The van der Waals surface area contributed by atoms with Crippen LogP contribution in [0.15, 0.2) is 53.4 Å². The lowest BCUT2D eigenvalue weighted by Gasteiger charge is -2.40. The van der Waals surface area contributed by atoms with E-state index in [4.69, 9.17) is 15.0 Å². The highest BCUT2D eigenvalue weighted by Crippen LogP contribution is 2.29. The van der Waals surface area contributed by atoms with Crippen molar-refractivity contribution >= 4 is 40.1 Å². The van der Waals surface area contributed by atoms with E-state index in [1.54, 1.807) is 12.1 Å². The lowest BCUT2D eigenvalue weighted by atomic mass is 9.94. The normalized spacial score (nSPS) is 19.2. The minimum atomic E-state index is -1.89. The molecule has 1 saturated heterocycles. The highest BCUT2D eigenvalue weighted by molar-refractivity contribution is 6.06. The standard InChI is InChI=1S/C22H20FN7O5/c1-22(18(31)20(32)26-12-2-3-13-16(10-12)35-28-19(13)24)21(33)29(8-9-34-22)17-5-7-30(27-17)15-4-6-25-11-14(15)23/h2-7,10-11,18,31H,8-9H2,1H3,(H2,24,28)(H,26,32)/t18-,22+/m0/s1. The molecular weight excluding hydrogens is 461 g/mol. The molecule has 4 aromatic rings. The topological polar surface area (TPSA) is 162 Å². The number of amides is 2. The van der Waals surface area contributed by atoms with Crippen LogP contribution in [0.5, 0.6) is 0 Å². The Kier molecular flexibility index (Phi) is 5.42. The molecule has 13 heteroatoms. The second-order valence-corrected chi connectivity index (χ2v) is 8.03. The molecule has 2 amide bonds. The molecule has 0 spiro atoms. The van der Waals surface area contributed by atoms with E-state index >= 15 is 0 Å². The number of aliphatic hydroxyl groups is 1. The molecule has 4 heterocycles. The van der Waals surface area contributed by atoms with Crippen molar-refractivity contribution in [2.75, 3.05) is 29.1 Å². The molecular formula is C22H20FN7O5. The lowest BCUT2D eigenvalue weighted by Crippen LogP contribution is -2.63. The summed E-state index contributed by atoms with van der Waals surface area (Å²) in [4.78, 5) is 31.1. The quantitative estimate of drug-likeness (QED) is 0.381. The van der Waals surface area contributed by atoms with E-state index in [-0.39, 0.29) is 30.5 Å². The van der Waals surface area contributed by atoms with Crippen LogP contribution in [0.2, 0.25) is 0 Å². The highest BCUT2D eigenvalue weighted by Gasteiger charge is 2.51. The molecule has 3 aromatic heterocycles. The van der Waals surface area contributed by atoms with Gasteiger partial charge in [0.15, 0.2) is 34.7 Å². The number of nitrogens with one attached hydrogen (secondary N) is 1. The number of benzene rings is 1. The average molecular weight is 481 g/mol. The third kappa shape index (κ3) is 3.86. The number of carbonyl (C=O) groups excluding carboxylic acids is 2. The molecule has 1 aliphatic rings. The predicted octanol–water partition coefficient (Wildman–Crippen LogP) is 1.25. The number of anilines is 3. The van der Waals surface area contributed by atoms with Crippen LogP contribution in [-0.2, 0) is 14.3 Å². The van der Waals surface area contributed by atoms with Crippen molar-refractivity contribution in [1.29, 1.82) is 0 Å². The fraction of sp³-hybridized carbons (Fsp3) is 0.227. The number of hydrogen-bond acceptors (Lipinski definition) is 9. The summed E-state index contributed by atoms with van der Waals surface area (Å²) in [5, 5.41) is 21.8. The van der Waals surface area contributed by atoms with Crippen molar-refractivity contribution in [3.8, 4) is 5.69 Å². The number of fused-ring (bicyclic) bond motifs is 1. The summed E-state index contributed by atoms with van der Waals surface area (Å²) in [5.74, 6) is -1.70. The van der Waals surface area contributed by atoms with Gasteiger partial charge in [-0.15, -0.1) is 5.10 Å². The molecule has 0 unspecified atom stereocenters. The number of carbonyl (C=O) groups is 2. The number of pyridine rings is 1. The second-order valence-electron chi connectivity index (χ2n) is 8.03. The zero-order valence-electron chi connectivity index (χ0n) is 18.4. The molecule has 0 aliphatic carbocycles. The number of rotatable bonds is 5. The van der Waals surface area contributed by atoms with Gasteiger partial charge in [0.1, 0.15) is 5.69 Å². The lowest BCUT2D eigenvalue weighted by molar-refractivity contribution is -0.170. The van der Waals surface area contributed by atoms with Crippen LogP contribution in [0, 0.1) is 5.82 Å². The van der Waals surface area contributed by atoms with E-state index in [0.717, 1.165) is 6.20 Å². The molecule has 0 saturated carbocycles. The maximum absolute atomic E-state index is 14.1. The third-order valence-electron chi connectivity index (χ3n) is 5.77. The Labute approximate surface area is 197 Å². The summed E-state index contributed by atoms with van der Waals surface area (Å²) < 4.78 is 26.0. The minimum Gasteiger partial charge on any atom is -0.380 e. The van der Waals surface area contributed by atoms with Gasteiger partial charge in [0.05, 0.1) is 24.7 Å². The van der Waals surface area contributed by atoms with Gasteiger partial charge in [0.25, 0.3) is 11.8 Å². The average Bonchev–Trinajstić information content (AvgIpc) is 3.48. The first-order valence-corrected chi connectivity index (χ1v) is 10.5. The molecule has 1 fully saturated rings. The zero-order chi connectivity index (χ0) is 24.7. The smallest absolute Gasteiger partial charge is 0.263 e. The number of nitrogen functional groups attached to an aromatic ring is 1. The summed E-state index contributed by atoms with van der Waals surface area (Å²) in [7, 11) is 0. The van der Waals surface area contributed by atoms with Gasteiger partial charge in [0.2, 0.25) is 0 Å². The summed E-state index contributed by atoms with van der Waals surface area (Å²) >= 11 is 0. The largest absolute Gasteiger partial charge is 0.380 e. The van der Waals surface area contributed by atoms with Crippen LogP contribution in [-0.4, -0.2) is 61.7 Å². The maximum Gasteiger partial charge on any atom is 0.263 e. The number of aliphatic hydroxyl groups excluding tert-OH is 1. The van der Waals surface area contributed by atoms with E-state index in [1.807, 2.05) is 0 Å². The number of ether oxygens (including phenoxy) is 1. The predicted molar refractivity (Wildman–Crippen MR) is 121 cm³/mol. The first kappa shape index (κ1) is 22.4. The van der Waals surface area contributed by atoms with Crippen molar-refractivity contribution in [3.05, 3.63) is 54.7 Å². The highest BCUT2D eigenvalue weighted by atomic mass is 19.1. The number of nitrogens with two attached hydrogens (primary N) is 1. The van der Waals surface area contributed by atoms with Gasteiger partial charge >= 0.3 is 0 Å². The Bertz CT molecular complexity index is 1440. The summed E-state index contributed by atoms with van der Waals surface area (Å²) in [6.07, 6.45) is 2.11. The van der Waals surface area contributed by atoms with Crippen LogP contribution in [0.1, 0.15) is 6.92 Å². The van der Waals surface area contributed by atoms with Crippen molar-refractivity contribution in [2.45, 2.75) is 18.6 Å². The van der Waals surface area contributed by atoms with Crippen molar-refractivity contribution < 1.29 is 28.3 Å². The fourth-order valence-corrected chi connectivity index (χ4v) is 3.84. The minimum absolute atomic E-state index is 0.0341. The van der Waals surface area contributed by atoms with Gasteiger partial charge in [0, 0.05) is 30.2 Å². The zero-order valence-corrected chi connectivity index (χ0v) is 18.4. The van der Waals surface area contributed by atoms with E-state index in [1.165, 1.54) is 47.1 Å². The Hall–Kier alpha value is -4.36. The first-order valence-electron chi connectivity index (χ1n) is 10.5. The van der Waals surface area contributed by atoms with E-state index in [2.05, 4.69) is 20.6 Å². The van der Waals surface area contributed by atoms with E-state index in [9.17, 15) is 19.1 Å². The van der Waals surface area contributed by atoms with Gasteiger partial charge in [-0.05, 0) is 25.1 Å². The van der Waals surface area contributed by atoms with Gasteiger partial charge in [-0.3, -0.25) is 19.5 Å². The van der Waals surface area contributed by atoms with Gasteiger partial charge in [-0.2, -0.15) is 0 Å². The SMILES string of the molecule is C[C@]1([C@@H](O)C(=O)Nc2ccc3c(N)noc3c2)OCCN(c2ccn(-c3ccncc3F)n2)C1=O. The molecule has 35 heavy (non-hydrogen) atoms. The Morgan fingerprint density at radius 1 is 1.34 bits per heavy atom. The van der Waals surface area contributed by atoms with Gasteiger partial charge in [-0.1, -0.05) is 5.16 Å². The van der Waals surface area contributed by atoms with Crippen molar-refractivity contribution in [2.24, 2.45) is 0 Å². The number of morpholine rings is 1. The molecule has 5 rings (SSSR count). The summed E-state index contributed by atoms with van der Waals surface area (Å²) in [6, 6.07) is 7.62. The number of nitrogens with zero attached hydrogens (tertiary/aromatic N) is 5. The molecule has 0 radical (unpaired) electrons. The van der Waals surface area contributed by atoms with Crippen LogP contribution in [0.4, 0.5) is 21.7 Å².